The maximum atomic E-state index is 5.09. The van der Waals surface area contributed by atoms with Crippen molar-refractivity contribution in [3.63, 3.8) is 0 Å². The molecule has 0 unspecified atom stereocenters. The van der Waals surface area contributed by atoms with Gasteiger partial charge in [-0.05, 0) is 43.5 Å². The smallest absolute Gasteiger partial charge is 0.0934 e. The molecule has 0 atom stereocenters. The van der Waals surface area contributed by atoms with Crippen LogP contribution in [0.1, 0.15) is 16.8 Å². The number of aromatic nitrogens is 1. The van der Waals surface area contributed by atoms with Crippen molar-refractivity contribution in [2.75, 3.05) is 0 Å². The fourth-order valence-corrected chi connectivity index (χ4v) is 2.21. The van der Waals surface area contributed by atoms with Crippen LogP contribution in [0.4, 0.5) is 0 Å². The average Bonchev–Trinajstić information content (AvgIpc) is 3.00. The second-order valence-corrected chi connectivity index (χ2v) is 5.01. The van der Waals surface area contributed by atoms with Crippen LogP contribution in [0.2, 0.25) is 0 Å². The molecule has 0 aliphatic carbocycles. The number of benzene rings is 1. The Morgan fingerprint density at radius 2 is 1.80 bits per heavy atom. The molecule has 100 valence electrons. The number of aryl methyl sites for hydroxylation is 3. The largest absolute Gasteiger partial charge is 0.472 e. The number of nitrogens with zero attached hydrogens (tertiary/aromatic N) is 1. The van der Waals surface area contributed by atoms with E-state index in [1.807, 2.05) is 6.07 Å². The number of furan rings is 1. The van der Waals surface area contributed by atoms with Gasteiger partial charge in [-0.3, -0.25) is 4.98 Å². The van der Waals surface area contributed by atoms with E-state index in [0.29, 0.717) is 0 Å². The third-order valence-corrected chi connectivity index (χ3v) is 3.40. The minimum absolute atomic E-state index is 0.930. The predicted octanol–water partition coefficient (Wildman–Crippen LogP) is 4.44. The number of pyridine rings is 1. The minimum atomic E-state index is 0.930. The molecule has 2 nitrogen and oxygen atoms in total. The summed E-state index contributed by atoms with van der Waals surface area (Å²) < 4.78 is 5.09. The van der Waals surface area contributed by atoms with Gasteiger partial charge in [0.25, 0.3) is 0 Å². The fraction of sp³-hybridized carbons (Fsp3) is 0.167. The van der Waals surface area contributed by atoms with Gasteiger partial charge in [0.15, 0.2) is 0 Å². The Labute approximate surface area is 119 Å². The Bertz CT molecular complexity index is 669. The van der Waals surface area contributed by atoms with Crippen molar-refractivity contribution >= 4 is 0 Å². The molecule has 0 saturated carbocycles. The van der Waals surface area contributed by atoms with Crippen LogP contribution in [0, 0.1) is 6.92 Å². The van der Waals surface area contributed by atoms with Crippen LogP contribution >= 0.6 is 0 Å². The van der Waals surface area contributed by atoms with Crippen molar-refractivity contribution in [3.05, 3.63) is 77.9 Å². The second kappa shape index (κ2) is 5.74. The zero-order valence-corrected chi connectivity index (χ0v) is 11.5. The first-order valence-electron chi connectivity index (χ1n) is 6.85. The molecule has 20 heavy (non-hydrogen) atoms. The molecule has 0 aliphatic rings. The van der Waals surface area contributed by atoms with Crippen molar-refractivity contribution < 1.29 is 4.42 Å². The lowest BCUT2D eigenvalue weighted by Crippen LogP contribution is -1.95. The SMILES string of the molecule is Cc1ccc(-c2cccc(CCc3ccoc3)n2)cc1. The van der Waals surface area contributed by atoms with Gasteiger partial charge in [-0.2, -0.15) is 0 Å². The van der Waals surface area contributed by atoms with E-state index in [4.69, 9.17) is 9.40 Å². The summed E-state index contributed by atoms with van der Waals surface area (Å²) in [5.74, 6) is 0. The molecule has 0 saturated heterocycles. The Morgan fingerprint density at radius 1 is 0.950 bits per heavy atom. The molecule has 0 N–H and O–H groups in total. The lowest BCUT2D eigenvalue weighted by atomic mass is 10.1. The van der Waals surface area contributed by atoms with E-state index in [-0.39, 0.29) is 0 Å². The van der Waals surface area contributed by atoms with E-state index in [1.165, 1.54) is 16.7 Å². The van der Waals surface area contributed by atoms with Crippen LogP contribution in [0.15, 0.2) is 65.5 Å². The third-order valence-electron chi connectivity index (χ3n) is 3.40. The van der Waals surface area contributed by atoms with Crippen molar-refractivity contribution in [2.24, 2.45) is 0 Å². The first-order chi connectivity index (χ1) is 9.81. The molecule has 2 heterocycles. The molecule has 0 spiro atoms. The first-order valence-corrected chi connectivity index (χ1v) is 6.85. The Kier molecular flexibility index (Phi) is 3.64. The monoisotopic (exact) mass is 263 g/mol. The molecular weight excluding hydrogens is 246 g/mol. The molecule has 1 aromatic carbocycles. The Morgan fingerprint density at radius 3 is 2.55 bits per heavy atom. The molecule has 2 heteroatoms. The van der Waals surface area contributed by atoms with Gasteiger partial charge in [-0.1, -0.05) is 35.9 Å². The molecule has 0 fully saturated rings. The highest BCUT2D eigenvalue weighted by Crippen LogP contribution is 2.18. The maximum Gasteiger partial charge on any atom is 0.0934 e. The zero-order chi connectivity index (χ0) is 13.8. The first kappa shape index (κ1) is 12.7. The molecule has 3 aromatic rings. The average molecular weight is 263 g/mol. The lowest BCUT2D eigenvalue weighted by Gasteiger charge is -2.05. The topological polar surface area (TPSA) is 26.0 Å². The van der Waals surface area contributed by atoms with E-state index >= 15 is 0 Å². The van der Waals surface area contributed by atoms with Crippen LogP contribution in [-0.4, -0.2) is 4.98 Å². The van der Waals surface area contributed by atoms with Crippen molar-refractivity contribution in [3.8, 4) is 11.3 Å². The van der Waals surface area contributed by atoms with Crippen LogP contribution in [0.5, 0.6) is 0 Å². The Balaban J connectivity index is 1.77. The third kappa shape index (κ3) is 2.97. The van der Waals surface area contributed by atoms with E-state index in [9.17, 15) is 0 Å². The molecule has 2 aromatic heterocycles. The number of rotatable bonds is 4. The summed E-state index contributed by atoms with van der Waals surface area (Å²) in [5, 5.41) is 0. The summed E-state index contributed by atoms with van der Waals surface area (Å²) in [6, 6.07) is 16.7. The van der Waals surface area contributed by atoms with E-state index in [2.05, 4.69) is 49.4 Å². The van der Waals surface area contributed by atoms with Crippen molar-refractivity contribution in [2.45, 2.75) is 19.8 Å². The van der Waals surface area contributed by atoms with Gasteiger partial charge in [0.2, 0.25) is 0 Å². The van der Waals surface area contributed by atoms with Gasteiger partial charge in [0.05, 0.1) is 18.2 Å². The molecule has 0 amide bonds. The summed E-state index contributed by atoms with van der Waals surface area (Å²) in [7, 11) is 0. The van der Waals surface area contributed by atoms with Crippen LogP contribution in [-0.2, 0) is 12.8 Å². The van der Waals surface area contributed by atoms with Gasteiger partial charge in [0, 0.05) is 11.3 Å². The zero-order valence-electron chi connectivity index (χ0n) is 11.5. The highest BCUT2D eigenvalue weighted by Gasteiger charge is 2.02. The van der Waals surface area contributed by atoms with Crippen molar-refractivity contribution in [1.82, 2.24) is 4.98 Å². The molecule has 0 aliphatic heterocycles. The quantitative estimate of drug-likeness (QED) is 0.695. The van der Waals surface area contributed by atoms with Gasteiger partial charge in [0.1, 0.15) is 0 Å². The highest BCUT2D eigenvalue weighted by molar-refractivity contribution is 5.59. The van der Waals surface area contributed by atoms with Gasteiger partial charge >= 0.3 is 0 Å². The second-order valence-electron chi connectivity index (χ2n) is 5.01. The number of hydrogen-bond donors (Lipinski definition) is 0. The maximum absolute atomic E-state index is 5.09. The highest BCUT2D eigenvalue weighted by atomic mass is 16.3. The molecule has 0 radical (unpaired) electrons. The summed E-state index contributed by atoms with van der Waals surface area (Å²) in [6.45, 7) is 2.10. The Hall–Kier alpha value is -2.35. The van der Waals surface area contributed by atoms with Gasteiger partial charge in [-0.25, -0.2) is 0 Å². The van der Waals surface area contributed by atoms with Crippen molar-refractivity contribution in [1.29, 1.82) is 0 Å². The summed E-state index contributed by atoms with van der Waals surface area (Å²) in [4.78, 5) is 4.74. The molecule has 3 rings (SSSR count). The van der Waals surface area contributed by atoms with Gasteiger partial charge < -0.3 is 4.42 Å². The van der Waals surface area contributed by atoms with E-state index in [1.54, 1.807) is 12.5 Å². The summed E-state index contributed by atoms with van der Waals surface area (Å²) in [5.41, 5.74) is 5.80. The fourth-order valence-electron chi connectivity index (χ4n) is 2.21. The minimum Gasteiger partial charge on any atom is -0.472 e. The molecular formula is C18H17NO. The lowest BCUT2D eigenvalue weighted by molar-refractivity contribution is 0.563. The van der Waals surface area contributed by atoms with E-state index in [0.717, 1.165) is 24.2 Å². The molecule has 0 bridgehead atoms. The van der Waals surface area contributed by atoms with Crippen LogP contribution < -0.4 is 0 Å². The number of hydrogen-bond acceptors (Lipinski definition) is 2. The summed E-state index contributed by atoms with van der Waals surface area (Å²) in [6.07, 6.45) is 5.40. The van der Waals surface area contributed by atoms with Crippen LogP contribution in [0.3, 0.4) is 0 Å². The predicted molar refractivity (Wildman–Crippen MR) is 80.5 cm³/mol. The summed E-state index contributed by atoms with van der Waals surface area (Å²) >= 11 is 0. The standard InChI is InChI=1S/C18H17NO/c1-14-5-8-16(9-6-14)18-4-2-3-17(19-18)10-7-15-11-12-20-13-15/h2-6,8-9,11-13H,7,10H2,1H3. The van der Waals surface area contributed by atoms with E-state index < -0.39 is 0 Å². The van der Waals surface area contributed by atoms with Gasteiger partial charge in [-0.15, -0.1) is 0 Å². The van der Waals surface area contributed by atoms with Crippen LogP contribution in [0.25, 0.3) is 11.3 Å². The normalized spacial score (nSPS) is 10.7.